The third-order valence-corrected chi connectivity index (χ3v) is 5.97. The van der Waals surface area contributed by atoms with Gasteiger partial charge in [-0.05, 0) is 47.7 Å². The van der Waals surface area contributed by atoms with Crippen molar-refractivity contribution < 1.29 is 18.8 Å². The van der Waals surface area contributed by atoms with Gasteiger partial charge in [0.2, 0.25) is 11.8 Å². The van der Waals surface area contributed by atoms with E-state index in [4.69, 9.17) is 0 Å². The molecule has 4 rings (SSSR count). The zero-order valence-electron chi connectivity index (χ0n) is 17.5. The van der Waals surface area contributed by atoms with Crippen LogP contribution < -0.4 is 15.5 Å². The second-order valence-electron chi connectivity index (χ2n) is 7.87. The van der Waals surface area contributed by atoms with Gasteiger partial charge in [-0.2, -0.15) is 0 Å². The predicted molar refractivity (Wildman–Crippen MR) is 116 cm³/mol. The molecule has 1 atom stereocenters. The summed E-state index contributed by atoms with van der Waals surface area (Å²) in [6.45, 7) is 2.01. The molecule has 160 valence electrons. The first kappa shape index (κ1) is 20.8. The molecular weight excluding hydrogens is 397 g/mol. The van der Waals surface area contributed by atoms with Crippen molar-refractivity contribution in [3.63, 3.8) is 0 Å². The molecular formula is C24H24FN3O3. The molecule has 3 amide bonds. The van der Waals surface area contributed by atoms with Crippen LogP contribution in [0.4, 0.5) is 15.8 Å². The van der Waals surface area contributed by atoms with Crippen LogP contribution in [0.3, 0.4) is 0 Å². The zero-order valence-corrected chi connectivity index (χ0v) is 17.5. The van der Waals surface area contributed by atoms with Gasteiger partial charge in [0.25, 0.3) is 5.91 Å². The molecule has 1 unspecified atom stereocenters. The summed E-state index contributed by atoms with van der Waals surface area (Å²) < 4.78 is 13.4. The second-order valence-corrected chi connectivity index (χ2v) is 7.87. The Morgan fingerprint density at radius 3 is 2.65 bits per heavy atom. The summed E-state index contributed by atoms with van der Waals surface area (Å²) in [5, 5.41) is 5.58. The molecule has 2 aliphatic heterocycles. The molecule has 0 saturated heterocycles. The van der Waals surface area contributed by atoms with Crippen LogP contribution in [0.25, 0.3) is 0 Å². The molecule has 0 radical (unpaired) electrons. The average molecular weight is 421 g/mol. The van der Waals surface area contributed by atoms with E-state index in [1.165, 1.54) is 18.3 Å². The summed E-state index contributed by atoms with van der Waals surface area (Å²) in [5.74, 6) is -1.34. The summed E-state index contributed by atoms with van der Waals surface area (Å²) in [6, 6.07) is 9.72. The van der Waals surface area contributed by atoms with Crippen molar-refractivity contribution in [1.29, 1.82) is 0 Å². The summed E-state index contributed by atoms with van der Waals surface area (Å²) in [6.07, 6.45) is 3.41. The maximum absolute atomic E-state index is 13.4. The number of halogens is 1. The first-order valence-corrected chi connectivity index (χ1v) is 10.4. The van der Waals surface area contributed by atoms with Crippen molar-refractivity contribution in [2.45, 2.75) is 38.5 Å². The number of hydrogen-bond donors (Lipinski definition) is 2. The number of amides is 3. The minimum Gasteiger partial charge on any atom is -0.332 e. The Kier molecular flexibility index (Phi) is 5.59. The molecule has 0 saturated carbocycles. The fraction of sp³-hybridized carbons (Fsp3) is 0.292. The number of nitrogens with zero attached hydrogens (tertiary/aromatic N) is 1. The van der Waals surface area contributed by atoms with E-state index in [-0.39, 0.29) is 30.0 Å². The highest BCUT2D eigenvalue weighted by Gasteiger charge is 2.30. The zero-order chi connectivity index (χ0) is 22.1. The Hall–Kier alpha value is -3.48. The molecule has 2 heterocycles. The number of fused-ring (bicyclic) bond motifs is 1. The summed E-state index contributed by atoms with van der Waals surface area (Å²) in [7, 11) is 1.74. The molecule has 0 fully saturated rings. The van der Waals surface area contributed by atoms with Gasteiger partial charge in [0.1, 0.15) is 5.82 Å². The topological polar surface area (TPSA) is 78.5 Å². The van der Waals surface area contributed by atoms with Gasteiger partial charge in [0, 0.05) is 49.0 Å². The molecule has 0 aromatic heterocycles. The monoisotopic (exact) mass is 421 g/mol. The van der Waals surface area contributed by atoms with E-state index in [2.05, 4.69) is 10.6 Å². The van der Waals surface area contributed by atoms with E-state index in [9.17, 15) is 18.8 Å². The molecule has 0 aliphatic carbocycles. The van der Waals surface area contributed by atoms with Gasteiger partial charge in [-0.15, -0.1) is 0 Å². The van der Waals surface area contributed by atoms with Gasteiger partial charge in [-0.3, -0.25) is 14.4 Å². The number of rotatable bonds is 4. The van der Waals surface area contributed by atoms with Gasteiger partial charge < -0.3 is 15.5 Å². The highest BCUT2D eigenvalue weighted by atomic mass is 19.1. The van der Waals surface area contributed by atoms with Crippen LogP contribution in [0, 0.1) is 5.82 Å². The number of carbonyl (C=O) groups is 3. The van der Waals surface area contributed by atoms with E-state index < -0.39 is 5.92 Å². The fourth-order valence-corrected chi connectivity index (χ4v) is 4.17. The lowest BCUT2D eigenvalue weighted by Gasteiger charge is -2.28. The van der Waals surface area contributed by atoms with Crippen molar-refractivity contribution in [3.8, 4) is 0 Å². The van der Waals surface area contributed by atoms with Crippen LogP contribution in [0.1, 0.15) is 42.4 Å². The second kappa shape index (κ2) is 8.34. The van der Waals surface area contributed by atoms with Gasteiger partial charge in [-0.1, -0.05) is 25.1 Å². The fourth-order valence-electron chi connectivity index (χ4n) is 4.17. The van der Waals surface area contributed by atoms with E-state index >= 15 is 0 Å². The Morgan fingerprint density at radius 1 is 1.19 bits per heavy atom. The number of hydrogen-bond acceptors (Lipinski definition) is 3. The van der Waals surface area contributed by atoms with Crippen LogP contribution in [-0.2, 0) is 27.2 Å². The first-order valence-electron chi connectivity index (χ1n) is 10.4. The highest BCUT2D eigenvalue weighted by Crippen LogP contribution is 2.35. The summed E-state index contributed by atoms with van der Waals surface area (Å²) in [5.41, 5.74) is 4.60. The third-order valence-electron chi connectivity index (χ3n) is 5.97. The van der Waals surface area contributed by atoms with E-state index in [0.717, 1.165) is 23.2 Å². The van der Waals surface area contributed by atoms with Crippen molar-refractivity contribution in [2.24, 2.45) is 0 Å². The molecule has 31 heavy (non-hydrogen) atoms. The predicted octanol–water partition coefficient (Wildman–Crippen LogP) is 3.42. The normalized spacial score (nSPS) is 18.2. The van der Waals surface area contributed by atoms with Crippen molar-refractivity contribution >= 4 is 29.1 Å². The largest absolute Gasteiger partial charge is 0.332 e. The number of anilines is 2. The van der Waals surface area contributed by atoms with Gasteiger partial charge in [0.05, 0.1) is 0 Å². The Bertz CT molecular complexity index is 1090. The Balaban J connectivity index is 1.65. The first-order chi connectivity index (χ1) is 14.9. The highest BCUT2D eigenvalue weighted by molar-refractivity contribution is 6.07. The number of benzene rings is 2. The molecule has 0 spiro atoms. The summed E-state index contributed by atoms with van der Waals surface area (Å²) >= 11 is 0. The number of aryl methyl sites for hydroxylation is 2. The SMILES string of the molecule is CCc1cc2c(cc1NC(=O)C1=CNC(=O)CC1c1ccc(F)cc1)N(C)C(=O)CC2. The minimum absolute atomic E-state index is 0.0445. The molecule has 2 N–H and O–H groups in total. The lowest BCUT2D eigenvalue weighted by atomic mass is 9.86. The maximum Gasteiger partial charge on any atom is 0.253 e. The number of carbonyl (C=O) groups excluding carboxylic acids is 3. The molecule has 7 heteroatoms. The van der Waals surface area contributed by atoms with E-state index in [1.54, 1.807) is 24.1 Å². The van der Waals surface area contributed by atoms with Crippen molar-refractivity contribution in [1.82, 2.24) is 5.32 Å². The number of nitrogens with one attached hydrogen (secondary N) is 2. The standard InChI is InChI=1S/C24H24FN3O3/c1-3-14-10-16-6-9-23(30)28(2)21(16)12-20(14)27-24(31)19-13-26-22(29)11-18(19)15-4-7-17(25)8-5-15/h4-5,7-8,10,12-13,18H,3,6,9,11H2,1-2H3,(H,26,29)(H,27,31). The van der Waals surface area contributed by atoms with Crippen LogP contribution in [-0.4, -0.2) is 24.8 Å². The quantitative estimate of drug-likeness (QED) is 0.794. The summed E-state index contributed by atoms with van der Waals surface area (Å²) in [4.78, 5) is 38.9. The van der Waals surface area contributed by atoms with Crippen LogP contribution in [0.15, 0.2) is 48.2 Å². The van der Waals surface area contributed by atoms with Gasteiger partial charge in [0.15, 0.2) is 0 Å². The maximum atomic E-state index is 13.4. The van der Waals surface area contributed by atoms with Crippen molar-refractivity contribution in [3.05, 3.63) is 70.7 Å². The molecule has 0 bridgehead atoms. The Labute approximate surface area is 180 Å². The van der Waals surface area contributed by atoms with Gasteiger partial charge in [-0.25, -0.2) is 4.39 Å². The smallest absolute Gasteiger partial charge is 0.253 e. The van der Waals surface area contributed by atoms with E-state index in [1.807, 2.05) is 19.1 Å². The van der Waals surface area contributed by atoms with E-state index in [0.29, 0.717) is 29.7 Å². The third kappa shape index (κ3) is 4.08. The lowest BCUT2D eigenvalue weighted by Crippen LogP contribution is -2.33. The van der Waals surface area contributed by atoms with Crippen molar-refractivity contribution in [2.75, 3.05) is 17.3 Å². The van der Waals surface area contributed by atoms with Crippen LogP contribution >= 0.6 is 0 Å². The lowest BCUT2D eigenvalue weighted by molar-refractivity contribution is -0.121. The Morgan fingerprint density at radius 2 is 1.94 bits per heavy atom. The minimum atomic E-state index is -0.471. The molecule has 6 nitrogen and oxygen atoms in total. The van der Waals surface area contributed by atoms with Crippen LogP contribution in [0.2, 0.25) is 0 Å². The molecule has 2 aliphatic rings. The molecule has 2 aromatic rings. The molecule has 2 aromatic carbocycles. The average Bonchev–Trinajstić information content (AvgIpc) is 2.76. The van der Waals surface area contributed by atoms with Crippen LogP contribution in [0.5, 0.6) is 0 Å². The van der Waals surface area contributed by atoms with Gasteiger partial charge >= 0.3 is 0 Å².